The highest BCUT2D eigenvalue weighted by molar-refractivity contribution is 7.92. The molecule has 1 fully saturated rings. The molecule has 1 saturated carbocycles. The Balaban J connectivity index is 1.76. The van der Waals surface area contributed by atoms with E-state index in [1.54, 1.807) is 25.1 Å². The zero-order chi connectivity index (χ0) is 33.4. The fourth-order valence-electron chi connectivity index (χ4n) is 5.56. The van der Waals surface area contributed by atoms with E-state index in [9.17, 15) is 22.4 Å². The van der Waals surface area contributed by atoms with E-state index < -0.39 is 34.3 Å². The lowest BCUT2D eigenvalue weighted by Crippen LogP contribution is -2.54. The number of carbonyl (C=O) groups is 2. The van der Waals surface area contributed by atoms with E-state index >= 15 is 0 Å². The van der Waals surface area contributed by atoms with Crippen LogP contribution in [0.25, 0.3) is 0 Å². The Morgan fingerprint density at radius 3 is 2.17 bits per heavy atom. The number of ether oxygens (including phenoxy) is 2. The number of hydrogen-bond acceptors (Lipinski definition) is 6. The average Bonchev–Trinajstić information content (AvgIpc) is 3.05. The van der Waals surface area contributed by atoms with Gasteiger partial charge < -0.3 is 19.7 Å². The van der Waals surface area contributed by atoms with Gasteiger partial charge >= 0.3 is 0 Å². The van der Waals surface area contributed by atoms with E-state index in [0.29, 0.717) is 21.4 Å². The smallest absolute Gasteiger partial charge is 0.264 e. The first-order valence-corrected chi connectivity index (χ1v) is 17.2. The molecule has 3 aromatic carbocycles. The monoisotopic (exact) mass is 693 g/mol. The van der Waals surface area contributed by atoms with Crippen LogP contribution < -0.4 is 19.1 Å². The fourth-order valence-corrected chi connectivity index (χ4v) is 7.50. The number of nitrogens with one attached hydrogen (secondary N) is 1. The second kappa shape index (κ2) is 15.8. The molecule has 46 heavy (non-hydrogen) atoms. The second-order valence-corrected chi connectivity index (χ2v) is 13.7. The summed E-state index contributed by atoms with van der Waals surface area (Å²) in [7, 11) is -1.65. The van der Waals surface area contributed by atoms with Gasteiger partial charge in [-0.25, -0.2) is 12.8 Å². The van der Waals surface area contributed by atoms with Crippen molar-refractivity contribution < 1.29 is 31.9 Å². The first-order chi connectivity index (χ1) is 22.0. The van der Waals surface area contributed by atoms with E-state index in [0.717, 1.165) is 48.5 Å². The maximum Gasteiger partial charge on any atom is 0.264 e. The second-order valence-electron chi connectivity index (χ2n) is 11.0. The van der Waals surface area contributed by atoms with E-state index in [2.05, 4.69) is 5.32 Å². The van der Waals surface area contributed by atoms with E-state index in [1.807, 2.05) is 0 Å². The summed E-state index contributed by atoms with van der Waals surface area (Å²) < 4.78 is 53.8. The molecule has 0 aliphatic heterocycles. The van der Waals surface area contributed by atoms with Crippen LogP contribution in [0.5, 0.6) is 11.5 Å². The van der Waals surface area contributed by atoms with Crippen LogP contribution in [0.2, 0.25) is 10.0 Å². The third-order valence-corrected chi connectivity index (χ3v) is 10.5. The zero-order valence-corrected chi connectivity index (χ0v) is 28.3. The summed E-state index contributed by atoms with van der Waals surface area (Å²) in [5.74, 6) is -1.14. The topological polar surface area (TPSA) is 105 Å². The normalized spacial score (nSPS) is 14.3. The lowest BCUT2D eigenvalue weighted by molar-refractivity contribution is -0.140. The molecule has 0 radical (unpaired) electrons. The van der Waals surface area contributed by atoms with Crippen molar-refractivity contribution in [3.63, 3.8) is 0 Å². The number of carbonyl (C=O) groups excluding carboxylic acids is 2. The molecular weight excluding hydrogens is 656 g/mol. The summed E-state index contributed by atoms with van der Waals surface area (Å²) in [5.41, 5.74) is 0.458. The van der Waals surface area contributed by atoms with Crippen molar-refractivity contribution in [3.8, 4) is 11.5 Å². The molecule has 0 saturated heterocycles. The van der Waals surface area contributed by atoms with Crippen LogP contribution in [-0.2, 0) is 26.2 Å². The molecule has 0 aromatic heterocycles. The van der Waals surface area contributed by atoms with Crippen LogP contribution in [-0.4, -0.2) is 58.0 Å². The predicted molar refractivity (Wildman–Crippen MR) is 177 cm³/mol. The number of amides is 2. The molecule has 1 aliphatic rings. The number of benzene rings is 3. The van der Waals surface area contributed by atoms with Crippen molar-refractivity contribution in [2.24, 2.45) is 0 Å². The molecular formula is C33H38Cl2FN3O6S. The van der Waals surface area contributed by atoms with Crippen molar-refractivity contribution in [3.05, 3.63) is 82.1 Å². The first-order valence-electron chi connectivity index (χ1n) is 15.0. The molecule has 4 rings (SSSR count). The lowest BCUT2D eigenvalue weighted by Gasteiger charge is -2.34. The third-order valence-electron chi connectivity index (χ3n) is 8.06. The van der Waals surface area contributed by atoms with Gasteiger partial charge in [0.1, 0.15) is 18.4 Å². The molecule has 1 aliphatic carbocycles. The Morgan fingerprint density at radius 1 is 0.957 bits per heavy atom. The molecule has 248 valence electrons. The van der Waals surface area contributed by atoms with Gasteiger partial charge in [0.15, 0.2) is 11.5 Å². The SMILES string of the molecule is CC[C@H](C(=O)NC1CCCCC1)N(Cc1c(Cl)cccc1Cl)C(=O)CN(c1ccc(F)cc1)S(=O)(=O)c1ccc(OC)c(OC)c1. The van der Waals surface area contributed by atoms with Crippen molar-refractivity contribution in [2.75, 3.05) is 25.1 Å². The van der Waals surface area contributed by atoms with E-state index in [1.165, 1.54) is 49.5 Å². The average molecular weight is 695 g/mol. The lowest BCUT2D eigenvalue weighted by atomic mass is 9.95. The molecule has 3 aromatic rings. The van der Waals surface area contributed by atoms with Crippen molar-refractivity contribution in [1.29, 1.82) is 0 Å². The minimum Gasteiger partial charge on any atom is -0.493 e. The van der Waals surface area contributed by atoms with E-state index in [4.69, 9.17) is 32.7 Å². The number of anilines is 1. The van der Waals surface area contributed by atoms with Gasteiger partial charge in [-0.15, -0.1) is 0 Å². The Morgan fingerprint density at radius 2 is 1.59 bits per heavy atom. The number of methoxy groups -OCH3 is 2. The molecule has 0 spiro atoms. The van der Waals surface area contributed by atoms with Crippen LogP contribution in [0.15, 0.2) is 65.6 Å². The summed E-state index contributed by atoms with van der Waals surface area (Å²) in [6.45, 7) is 0.914. The quantitative estimate of drug-likeness (QED) is 0.216. The Hall–Kier alpha value is -3.54. The van der Waals surface area contributed by atoms with Crippen LogP contribution in [0.3, 0.4) is 0 Å². The Bertz CT molecular complexity index is 1610. The van der Waals surface area contributed by atoms with E-state index in [-0.39, 0.29) is 41.2 Å². The molecule has 1 atom stereocenters. The molecule has 1 N–H and O–H groups in total. The van der Waals surface area contributed by atoms with Gasteiger partial charge in [0, 0.05) is 34.3 Å². The van der Waals surface area contributed by atoms with Crippen molar-refractivity contribution in [1.82, 2.24) is 10.2 Å². The fraction of sp³-hybridized carbons (Fsp3) is 0.394. The largest absolute Gasteiger partial charge is 0.493 e. The number of sulfonamides is 1. The third kappa shape index (κ3) is 8.24. The van der Waals surface area contributed by atoms with Crippen LogP contribution in [0.4, 0.5) is 10.1 Å². The minimum absolute atomic E-state index is 0.0164. The summed E-state index contributed by atoms with van der Waals surface area (Å²) in [6.07, 6.45) is 5.03. The summed E-state index contributed by atoms with van der Waals surface area (Å²) >= 11 is 13.0. The Labute approximate surface area is 279 Å². The number of rotatable bonds is 13. The van der Waals surface area contributed by atoms with Gasteiger partial charge in [-0.1, -0.05) is 55.5 Å². The molecule has 13 heteroatoms. The minimum atomic E-state index is -4.44. The Kier molecular flexibility index (Phi) is 12.2. The first kappa shape index (κ1) is 35.3. The summed E-state index contributed by atoms with van der Waals surface area (Å²) in [5, 5.41) is 3.68. The number of halogens is 3. The van der Waals surface area contributed by atoms with Gasteiger partial charge in [-0.3, -0.25) is 13.9 Å². The molecule has 2 amide bonds. The highest BCUT2D eigenvalue weighted by Gasteiger charge is 2.35. The van der Waals surface area contributed by atoms with Crippen LogP contribution in [0.1, 0.15) is 51.0 Å². The maximum atomic E-state index is 14.4. The standard InChI is InChI=1S/C33H38Cl2FN3O6S/c1-4-29(33(41)37-23-9-6-5-7-10-23)38(20-26-27(34)11-8-12-28(26)35)32(40)21-39(24-15-13-22(36)14-16-24)46(42,43)25-17-18-30(44-2)31(19-25)45-3/h8,11-19,23,29H,4-7,9-10,20-21H2,1-3H3,(H,37,41)/t29-/m1/s1. The van der Waals surface area contributed by atoms with Gasteiger partial charge in [-0.05, 0) is 67.8 Å². The van der Waals surface area contributed by atoms with Gasteiger partial charge in [-0.2, -0.15) is 0 Å². The summed E-state index contributed by atoms with van der Waals surface area (Å²) in [6, 6.07) is 12.7. The molecule has 0 unspecified atom stereocenters. The summed E-state index contributed by atoms with van der Waals surface area (Å²) in [4.78, 5) is 29.2. The maximum absolute atomic E-state index is 14.4. The zero-order valence-electron chi connectivity index (χ0n) is 26.0. The van der Waals surface area contributed by atoms with Gasteiger partial charge in [0.25, 0.3) is 10.0 Å². The van der Waals surface area contributed by atoms with Crippen LogP contribution in [0, 0.1) is 5.82 Å². The van der Waals surface area contributed by atoms with Gasteiger partial charge in [0.05, 0.1) is 24.8 Å². The van der Waals surface area contributed by atoms with Crippen LogP contribution >= 0.6 is 23.2 Å². The molecule has 0 bridgehead atoms. The molecule has 0 heterocycles. The predicted octanol–water partition coefficient (Wildman–Crippen LogP) is 6.60. The number of nitrogens with zero attached hydrogens (tertiary/aromatic N) is 2. The van der Waals surface area contributed by atoms with Gasteiger partial charge in [0.2, 0.25) is 11.8 Å². The number of hydrogen-bond donors (Lipinski definition) is 1. The highest BCUT2D eigenvalue weighted by atomic mass is 35.5. The van der Waals surface area contributed by atoms with Crippen molar-refractivity contribution >= 4 is 50.7 Å². The van der Waals surface area contributed by atoms with Crippen molar-refractivity contribution in [2.45, 2.75) is 69.0 Å². The highest BCUT2D eigenvalue weighted by Crippen LogP contribution is 2.33. The molecule has 9 nitrogen and oxygen atoms in total.